The molecule has 2 rings (SSSR count). The monoisotopic (exact) mass is 331 g/mol. The second-order valence-electron chi connectivity index (χ2n) is 6.30. The fraction of sp³-hybridized carbons (Fsp3) is 0.474. The smallest absolute Gasteiger partial charge is 0.255 e. The molecule has 1 amide bonds. The van der Waals surface area contributed by atoms with E-state index in [2.05, 4.69) is 17.3 Å². The van der Waals surface area contributed by atoms with Crippen molar-refractivity contribution in [1.29, 1.82) is 0 Å². The first kappa shape index (κ1) is 18.2. The number of nitrogens with one attached hydrogen (secondary N) is 1. The normalized spacial score (nSPS) is 12.2. The van der Waals surface area contributed by atoms with Gasteiger partial charge in [0.15, 0.2) is 0 Å². The Morgan fingerprint density at radius 2 is 1.92 bits per heavy atom. The van der Waals surface area contributed by atoms with Gasteiger partial charge in [-0.3, -0.25) is 4.79 Å². The van der Waals surface area contributed by atoms with Crippen LogP contribution in [0, 0.1) is 19.7 Å². The molecular weight excluding hydrogens is 305 g/mol. The molecule has 0 saturated heterocycles. The highest BCUT2D eigenvalue weighted by molar-refractivity contribution is 5.96. The van der Waals surface area contributed by atoms with Gasteiger partial charge in [-0.1, -0.05) is 26.2 Å². The Labute approximate surface area is 143 Å². The molecule has 0 aliphatic rings. The summed E-state index contributed by atoms with van der Waals surface area (Å²) in [6.07, 6.45) is 4.44. The van der Waals surface area contributed by atoms with E-state index in [0.717, 1.165) is 24.2 Å². The first-order valence-electron chi connectivity index (χ1n) is 8.57. The molecule has 0 bridgehead atoms. The van der Waals surface area contributed by atoms with E-state index in [1.807, 2.05) is 20.8 Å². The standard InChI is InChI=1S/C19H26FN3O/c1-5-6-7-8-13(2)21-19(24)18-14(3)22-23(15(18)4)17-11-9-16(20)10-12-17/h9-13H,5-8H2,1-4H3,(H,21,24). The van der Waals surface area contributed by atoms with Crippen molar-refractivity contribution in [1.82, 2.24) is 15.1 Å². The molecule has 0 fully saturated rings. The quantitative estimate of drug-likeness (QED) is 0.768. The van der Waals surface area contributed by atoms with Crippen LogP contribution in [0.5, 0.6) is 0 Å². The van der Waals surface area contributed by atoms with Gasteiger partial charge in [-0.25, -0.2) is 9.07 Å². The molecule has 0 radical (unpaired) electrons. The second kappa shape index (κ2) is 8.08. The minimum absolute atomic E-state index is 0.0950. The molecule has 130 valence electrons. The average molecular weight is 331 g/mol. The molecule has 0 aliphatic heterocycles. The van der Waals surface area contributed by atoms with Gasteiger partial charge in [-0.05, 0) is 51.5 Å². The third kappa shape index (κ3) is 4.22. The van der Waals surface area contributed by atoms with Crippen LogP contribution in [0.2, 0.25) is 0 Å². The van der Waals surface area contributed by atoms with Gasteiger partial charge in [-0.2, -0.15) is 5.10 Å². The number of halogens is 1. The van der Waals surface area contributed by atoms with Crippen molar-refractivity contribution in [2.24, 2.45) is 0 Å². The minimum atomic E-state index is -0.292. The van der Waals surface area contributed by atoms with Crippen LogP contribution in [0.1, 0.15) is 61.3 Å². The number of benzene rings is 1. The number of nitrogens with zero attached hydrogens (tertiary/aromatic N) is 2. The van der Waals surface area contributed by atoms with Crippen LogP contribution in [-0.2, 0) is 0 Å². The van der Waals surface area contributed by atoms with Crippen LogP contribution in [0.25, 0.3) is 5.69 Å². The summed E-state index contributed by atoms with van der Waals surface area (Å²) in [5.41, 5.74) is 2.78. The molecule has 1 aromatic heterocycles. The highest BCUT2D eigenvalue weighted by Crippen LogP contribution is 2.18. The zero-order valence-electron chi connectivity index (χ0n) is 14.9. The predicted molar refractivity (Wildman–Crippen MR) is 94.1 cm³/mol. The van der Waals surface area contributed by atoms with Gasteiger partial charge in [0.2, 0.25) is 0 Å². The maximum Gasteiger partial charge on any atom is 0.255 e. The molecule has 0 spiro atoms. The second-order valence-corrected chi connectivity index (χ2v) is 6.30. The van der Waals surface area contributed by atoms with E-state index in [0.29, 0.717) is 11.3 Å². The largest absolute Gasteiger partial charge is 0.349 e. The Morgan fingerprint density at radius 1 is 1.25 bits per heavy atom. The van der Waals surface area contributed by atoms with Gasteiger partial charge in [-0.15, -0.1) is 0 Å². The molecule has 1 atom stereocenters. The number of carbonyl (C=O) groups excluding carboxylic acids is 1. The van der Waals surface area contributed by atoms with E-state index < -0.39 is 0 Å². The number of aryl methyl sites for hydroxylation is 1. The van der Waals surface area contributed by atoms with Crippen molar-refractivity contribution < 1.29 is 9.18 Å². The van der Waals surface area contributed by atoms with E-state index in [-0.39, 0.29) is 17.8 Å². The maximum absolute atomic E-state index is 13.1. The highest BCUT2D eigenvalue weighted by atomic mass is 19.1. The SMILES string of the molecule is CCCCCC(C)NC(=O)c1c(C)nn(-c2ccc(F)cc2)c1C. The Kier molecular flexibility index (Phi) is 6.12. The third-order valence-corrected chi connectivity index (χ3v) is 4.21. The van der Waals surface area contributed by atoms with Gasteiger partial charge < -0.3 is 5.32 Å². The average Bonchev–Trinajstić information content (AvgIpc) is 2.83. The van der Waals surface area contributed by atoms with Crippen LogP contribution in [-0.4, -0.2) is 21.7 Å². The van der Waals surface area contributed by atoms with E-state index in [4.69, 9.17) is 0 Å². The highest BCUT2D eigenvalue weighted by Gasteiger charge is 2.20. The Hall–Kier alpha value is -2.17. The molecule has 1 heterocycles. The molecular formula is C19H26FN3O. The van der Waals surface area contributed by atoms with E-state index >= 15 is 0 Å². The summed E-state index contributed by atoms with van der Waals surface area (Å²) in [7, 11) is 0. The summed E-state index contributed by atoms with van der Waals surface area (Å²) in [5, 5.41) is 7.51. The summed E-state index contributed by atoms with van der Waals surface area (Å²) in [5.74, 6) is -0.387. The topological polar surface area (TPSA) is 46.9 Å². The minimum Gasteiger partial charge on any atom is -0.349 e. The zero-order chi connectivity index (χ0) is 17.7. The Balaban J connectivity index is 2.16. The lowest BCUT2D eigenvalue weighted by Crippen LogP contribution is -2.33. The molecule has 5 heteroatoms. The van der Waals surface area contributed by atoms with Crippen LogP contribution < -0.4 is 5.32 Å². The molecule has 2 aromatic rings. The van der Waals surface area contributed by atoms with Crippen molar-refractivity contribution in [2.45, 2.75) is 59.4 Å². The number of unbranched alkanes of at least 4 members (excludes halogenated alkanes) is 2. The molecule has 1 unspecified atom stereocenters. The number of carbonyl (C=O) groups is 1. The zero-order valence-corrected chi connectivity index (χ0v) is 14.9. The van der Waals surface area contributed by atoms with Crippen molar-refractivity contribution in [2.75, 3.05) is 0 Å². The molecule has 4 nitrogen and oxygen atoms in total. The maximum atomic E-state index is 13.1. The first-order valence-corrected chi connectivity index (χ1v) is 8.57. The van der Waals surface area contributed by atoms with Gasteiger partial charge in [0, 0.05) is 6.04 Å². The molecule has 24 heavy (non-hydrogen) atoms. The molecule has 0 saturated carbocycles. The van der Waals surface area contributed by atoms with Gasteiger partial charge in [0.05, 0.1) is 22.6 Å². The fourth-order valence-electron chi connectivity index (χ4n) is 2.87. The summed E-state index contributed by atoms with van der Waals surface area (Å²) in [6.45, 7) is 7.88. The molecule has 1 aromatic carbocycles. The lowest BCUT2D eigenvalue weighted by Gasteiger charge is -2.14. The summed E-state index contributed by atoms with van der Waals surface area (Å²) in [6, 6.07) is 6.23. The number of rotatable bonds is 7. The summed E-state index contributed by atoms with van der Waals surface area (Å²) in [4.78, 5) is 12.6. The van der Waals surface area contributed by atoms with Crippen LogP contribution in [0.15, 0.2) is 24.3 Å². The number of aromatic nitrogens is 2. The van der Waals surface area contributed by atoms with Crippen LogP contribution in [0.4, 0.5) is 4.39 Å². The lowest BCUT2D eigenvalue weighted by atomic mass is 10.1. The Morgan fingerprint density at radius 3 is 2.54 bits per heavy atom. The van der Waals surface area contributed by atoms with Crippen molar-refractivity contribution in [3.63, 3.8) is 0 Å². The lowest BCUT2D eigenvalue weighted by molar-refractivity contribution is 0.0936. The predicted octanol–water partition coefficient (Wildman–Crippen LogP) is 4.33. The van der Waals surface area contributed by atoms with Crippen LogP contribution >= 0.6 is 0 Å². The van der Waals surface area contributed by atoms with Crippen molar-refractivity contribution in [3.8, 4) is 5.69 Å². The van der Waals surface area contributed by atoms with Gasteiger partial charge >= 0.3 is 0 Å². The number of hydrogen-bond donors (Lipinski definition) is 1. The number of hydrogen-bond acceptors (Lipinski definition) is 2. The fourth-order valence-corrected chi connectivity index (χ4v) is 2.87. The van der Waals surface area contributed by atoms with Gasteiger partial charge in [0.25, 0.3) is 5.91 Å². The van der Waals surface area contributed by atoms with E-state index in [9.17, 15) is 9.18 Å². The first-order chi connectivity index (χ1) is 11.4. The van der Waals surface area contributed by atoms with Gasteiger partial charge in [0.1, 0.15) is 5.82 Å². The molecule has 0 aliphatic carbocycles. The molecule has 1 N–H and O–H groups in total. The third-order valence-electron chi connectivity index (χ3n) is 4.21. The van der Waals surface area contributed by atoms with Crippen LogP contribution in [0.3, 0.4) is 0 Å². The summed E-state index contributed by atoms with van der Waals surface area (Å²) >= 11 is 0. The van der Waals surface area contributed by atoms with Crippen molar-refractivity contribution >= 4 is 5.91 Å². The number of amides is 1. The summed E-state index contributed by atoms with van der Waals surface area (Å²) < 4.78 is 14.8. The van der Waals surface area contributed by atoms with E-state index in [1.54, 1.807) is 16.8 Å². The Bertz CT molecular complexity index is 691. The van der Waals surface area contributed by atoms with E-state index in [1.165, 1.54) is 25.0 Å². The van der Waals surface area contributed by atoms with Crippen molar-refractivity contribution in [3.05, 3.63) is 47.0 Å².